The van der Waals surface area contributed by atoms with Crippen molar-refractivity contribution in [2.24, 2.45) is 17.6 Å². The number of rotatable bonds is 4. The molecule has 0 saturated carbocycles. The fraction of sp³-hybridized carbons (Fsp3) is 1.00. The monoisotopic (exact) mass is 198 g/mol. The molecule has 14 heavy (non-hydrogen) atoms. The molecule has 0 amide bonds. The van der Waals surface area contributed by atoms with Gasteiger partial charge in [-0.05, 0) is 38.6 Å². The Kier molecular flexibility index (Phi) is 4.39. The van der Waals surface area contributed by atoms with Gasteiger partial charge in [0.25, 0.3) is 0 Å². The summed E-state index contributed by atoms with van der Waals surface area (Å²) in [4.78, 5) is 2.61. The first-order valence-corrected chi connectivity index (χ1v) is 6.05. The molecule has 0 spiro atoms. The molecule has 1 heterocycles. The lowest BCUT2D eigenvalue weighted by Gasteiger charge is -2.29. The van der Waals surface area contributed by atoms with Crippen molar-refractivity contribution in [1.29, 1.82) is 0 Å². The van der Waals surface area contributed by atoms with Crippen molar-refractivity contribution in [3.63, 3.8) is 0 Å². The van der Waals surface area contributed by atoms with Crippen LogP contribution in [0.5, 0.6) is 0 Å². The predicted octanol–water partition coefficient (Wildman–Crippen LogP) is 2.09. The van der Waals surface area contributed by atoms with Gasteiger partial charge >= 0.3 is 0 Å². The molecule has 0 bridgehead atoms. The van der Waals surface area contributed by atoms with E-state index in [-0.39, 0.29) is 0 Å². The number of nitrogens with two attached hydrogens (primary N) is 1. The topological polar surface area (TPSA) is 29.3 Å². The lowest BCUT2D eigenvalue weighted by atomic mass is 9.99. The van der Waals surface area contributed by atoms with E-state index in [1.807, 2.05) is 0 Å². The van der Waals surface area contributed by atoms with Gasteiger partial charge in [-0.15, -0.1) is 0 Å². The summed E-state index contributed by atoms with van der Waals surface area (Å²) >= 11 is 0. The average Bonchev–Trinajstić information content (AvgIpc) is 2.64. The van der Waals surface area contributed by atoms with Crippen LogP contribution in [0.4, 0.5) is 0 Å². The Labute approximate surface area is 88.8 Å². The van der Waals surface area contributed by atoms with Crippen LogP contribution in [0.3, 0.4) is 0 Å². The zero-order valence-corrected chi connectivity index (χ0v) is 10.2. The quantitative estimate of drug-likeness (QED) is 0.749. The van der Waals surface area contributed by atoms with Gasteiger partial charge in [0.1, 0.15) is 0 Å². The van der Waals surface area contributed by atoms with Crippen molar-refractivity contribution in [2.45, 2.75) is 52.6 Å². The first-order chi connectivity index (χ1) is 6.56. The molecule has 1 aliphatic heterocycles. The van der Waals surface area contributed by atoms with Crippen LogP contribution in [0, 0.1) is 11.8 Å². The van der Waals surface area contributed by atoms with Crippen LogP contribution >= 0.6 is 0 Å². The highest BCUT2D eigenvalue weighted by molar-refractivity contribution is 4.84. The molecule has 1 saturated heterocycles. The van der Waals surface area contributed by atoms with Gasteiger partial charge in [0.15, 0.2) is 0 Å². The molecule has 1 rings (SSSR count). The summed E-state index contributed by atoms with van der Waals surface area (Å²) in [5.74, 6) is 1.53. The SMILES string of the molecule is CCC(C)C(C)N1CCC(C(C)N)C1. The van der Waals surface area contributed by atoms with Crippen LogP contribution < -0.4 is 5.73 Å². The van der Waals surface area contributed by atoms with Gasteiger partial charge in [0, 0.05) is 18.6 Å². The second-order valence-corrected chi connectivity index (χ2v) is 5.03. The van der Waals surface area contributed by atoms with Crippen LogP contribution in [0.15, 0.2) is 0 Å². The summed E-state index contributed by atoms with van der Waals surface area (Å²) < 4.78 is 0. The van der Waals surface area contributed by atoms with E-state index < -0.39 is 0 Å². The predicted molar refractivity (Wildman–Crippen MR) is 62.2 cm³/mol. The second-order valence-electron chi connectivity index (χ2n) is 5.03. The lowest BCUT2D eigenvalue weighted by molar-refractivity contribution is 0.186. The van der Waals surface area contributed by atoms with Gasteiger partial charge in [-0.1, -0.05) is 20.3 Å². The van der Waals surface area contributed by atoms with Crippen LogP contribution in [-0.4, -0.2) is 30.1 Å². The summed E-state index contributed by atoms with van der Waals surface area (Å²) in [7, 11) is 0. The highest BCUT2D eigenvalue weighted by atomic mass is 15.2. The maximum Gasteiger partial charge on any atom is 0.00925 e. The van der Waals surface area contributed by atoms with Crippen molar-refractivity contribution >= 4 is 0 Å². The molecule has 0 aromatic rings. The summed E-state index contributed by atoms with van der Waals surface area (Å²) in [6, 6.07) is 1.09. The first kappa shape index (κ1) is 12.0. The van der Waals surface area contributed by atoms with E-state index in [9.17, 15) is 0 Å². The molecule has 2 nitrogen and oxygen atoms in total. The van der Waals surface area contributed by atoms with Crippen molar-refractivity contribution in [3.05, 3.63) is 0 Å². The van der Waals surface area contributed by atoms with E-state index in [1.54, 1.807) is 0 Å². The molecule has 0 radical (unpaired) electrons. The summed E-state index contributed by atoms with van der Waals surface area (Å²) in [6.45, 7) is 11.6. The Hall–Kier alpha value is -0.0800. The van der Waals surface area contributed by atoms with Crippen molar-refractivity contribution in [3.8, 4) is 0 Å². The number of nitrogens with zero attached hydrogens (tertiary/aromatic N) is 1. The van der Waals surface area contributed by atoms with Crippen LogP contribution in [0.2, 0.25) is 0 Å². The molecule has 4 unspecified atom stereocenters. The van der Waals surface area contributed by atoms with Crippen molar-refractivity contribution < 1.29 is 0 Å². The summed E-state index contributed by atoms with van der Waals surface area (Å²) in [6.07, 6.45) is 2.57. The van der Waals surface area contributed by atoms with E-state index in [2.05, 4.69) is 32.6 Å². The van der Waals surface area contributed by atoms with Crippen molar-refractivity contribution in [1.82, 2.24) is 4.90 Å². The largest absolute Gasteiger partial charge is 0.328 e. The molecule has 0 aromatic carbocycles. The van der Waals surface area contributed by atoms with Gasteiger partial charge < -0.3 is 10.6 Å². The third-order valence-corrected chi connectivity index (χ3v) is 4.04. The maximum absolute atomic E-state index is 5.94. The van der Waals surface area contributed by atoms with E-state index in [0.29, 0.717) is 6.04 Å². The Morgan fingerprint density at radius 3 is 2.43 bits per heavy atom. The normalized spacial score (nSPS) is 30.2. The highest BCUT2D eigenvalue weighted by Gasteiger charge is 2.29. The molecule has 0 aromatic heterocycles. The van der Waals surface area contributed by atoms with E-state index in [0.717, 1.165) is 17.9 Å². The molecule has 2 heteroatoms. The smallest absolute Gasteiger partial charge is 0.00925 e. The molecule has 4 atom stereocenters. The standard InChI is InChI=1S/C12H26N2/c1-5-9(2)11(4)14-7-6-12(8-14)10(3)13/h9-12H,5-8,13H2,1-4H3. The number of hydrogen-bond donors (Lipinski definition) is 1. The highest BCUT2D eigenvalue weighted by Crippen LogP contribution is 2.24. The van der Waals surface area contributed by atoms with Crippen LogP contribution in [0.1, 0.15) is 40.5 Å². The van der Waals surface area contributed by atoms with Gasteiger partial charge in [-0.3, -0.25) is 0 Å². The Morgan fingerprint density at radius 1 is 1.36 bits per heavy atom. The zero-order valence-electron chi connectivity index (χ0n) is 10.2. The molecular weight excluding hydrogens is 172 g/mol. The summed E-state index contributed by atoms with van der Waals surface area (Å²) in [5.41, 5.74) is 5.94. The van der Waals surface area contributed by atoms with Gasteiger partial charge in [0.2, 0.25) is 0 Å². The minimum atomic E-state index is 0.365. The van der Waals surface area contributed by atoms with E-state index >= 15 is 0 Å². The third-order valence-electron chi connectivity index (χ3n) is 4.04. The van der Waals surface area contributed by atoms with Gasteiger partial charge in [-0.25, -0.2) is 0 Å². The van der Waals surface area contributed by atoms with Crippen molar-refractivity contribution in [2.75, 3.05) is 13.1 Å². The molecule has 0 aliphatic carbocycles. The maximum atomic E-state index is 5.94. The molecule has 84 valence electrons. The minimum Gasteiger partial charge on any atom is -0.328 e. The molecule has 2 N–H and O–H groups in total. The van der Waals surface area contributed by atoms with Crippen LogP contribution in [0.25, 0.3) is 0 Å². The van der Waals surface area contributed by atoms with E-state index in [1.165, 1.54) is 25.9 Å². The molecule has 1 fully saturated rings. The fourth-order valence-corrected chi connectivity index (χ4v) is 2.32. The Balaban J connectivity index is 2.41. The van der Waals surface area contributed by atoms with Gasteiger partial charge in [-0.2, -0.15) is 0 Å². The minimum absolute atomic E-state index is 0.365. The van der Waals surface area contributed by atoms with Crippen LogP contribution in [-0.2, 0) is 0 Å². The zero-order chi connectivity index (χ0) is 10.7. The number of likely N-dealkylation sites (tertiary alicyclic amines) is 1. The molecule has 1 aliphatic rings. The Bertz CT molecular complexity index is 168. The number of hydrogen-bond acceptors (Lipinski definition) is 2. The van der Waals surface area contributed by atoms with E-state index in [4.69, 9.17) is 5.73 Å². The average molecular weight is 198 g/mol. The third kappa shape index (κ3) is 2.71. The Morgan fingerprint density at radius 2 is 2.00 bits per heavy atom. The van der Waals surface area contributed by atoms with Gasteiger partial charge in [0.05, 0.1) is 0 Å². The second kappa shape index (κ2) is 5.13. The fourth-order valence-electron chi connectivity index (χ4n) is 2.32. The lowest BCUT2D eigenvalue weighted by Crippen LogP contribution is -2.37. The first-order valence-electron chi connectivity index (χ1n) is 6.05. The summed E-state index contributed by atoms with van der Waals surface area (Å²) in [5, 5.41) is 0. The molecular formula is C12H26N2.